The fraction of sp³-hybridized carbons (Fsp3) is 0.353. The Morgan fingerprint density at radius 2 is 1.81 bits per heavy atom. The molecule has 9 heteroatoms. The number of nitrogen functional groups attached to an aromatic ring is 1. The molecule has 0 atom stereocenters. The molecule has 1 saturated heterocycles. The zero-order valence-electron chi connectivity index (χ0n) is 14.5. The van der Waals surface area contributed by atoms with Gasteiger partial charge in [0.2, 0.25) is 23.5 Å². The summed E-state index contributed by atoms with van der Waals surface area (Å²) in [5.41, 5.74) is 6.66. The van der Waals surface area contributed by atoms with Crippen molar-refractivity contribution in [2.45, 2.75) is 19.8 Å². The summed E-state index contributed by atoms with van der Waals surface area (Å²) in [5.74, 6) is 1.71. The first-order valence-corrected chi connectivity index (χ1v) is 8.60. The van der Waals surface area contributed by atoms with E-state index in [1.165, 1.54) is 0 Å². The third kappa shape index (κ3) is 3.56. The lowest BCUT2D eigenvalue weighted by molar-refractivity contribution is 0.376. The Morgan fingerprint density at radius 1 is 1.04 bits per heavy atom. The SMILES string of the molecule is CC1CCN(c2nc(-c3nc(N)nc(Nc4ccccc4)n3)no2)CC1. The summed E-state index contributed by atoms with van der Waals surface area (Å²) in [6.45, 7) is 4.07. The zero-order chi connectivity index (χ0) is 17.9. The van der Waals surface area contributed by atoms with Gasteiger partial charge in [0, 0.05) is 18.8 Å². The van der Waals surface area contributed by atoms with Crippen molar-refractivity contribution in [2.75, 3.05) is 29.0 Å². The van der Waals surface area contributed by atoms with Gasteiger partial charge < -0.3 is 20.5 Å². The molecule has 0 aliphatic carbocycles. The number of nitrogens with one attached hydrogen (secondary N) is 1. The van der Waals surface area contributed by atoms with Crippen molar-refractivity contribution in [1.82, 2.24) is 25.1 Å². The average Bonchev–Trinajstić information content (AvgIpc) is 3.13. The van der Waals surface area contributed by atoms with Crippen LogP contribution in [0.5, 0.6) is 0 Å². The summed E-state index contributed by atoms with van der Waals surface area (Å²) in [7, 11) is 0. The predicted molar refractivity (Wildman–Crippen MR) is 97.9 cm³/mol. The van der Waals surface area contributed by atoms with Crippen LogP contribution in [-0.4, -0.2) is 38.2 Å². The second-order valence-corrected chi connectivity index (χ2v) is 6.40. The van der Waals surface area contributed by atoms with E-state index in [9.17, 15) is 0 Å². The van der Waals surface area contributed by atoms with E-state index in [1.54, 1.807) is 0 Å². The van der Waals surface area contributed by atoms with Crippen LogP contribution in [0.15, 0.2) is 34.9 Å². The zero-order valence-corrected chi connectivity index (χ0v) is 14.5. The van der Waals surface area contributed by atoms with Crippen molar-refractivity contribution < 1.29 is 4.52 Å². The first kappa shape index (κ1) is 16.2. The van der Waals surface area contributed by atoms with E-state index in [4.69, 9.17) is 10.3 Å². The fourth-order valence-corrected chi connectivity index (χ4v) is 2.83. The molecule has 1 aliphatic rings. The van der Waals surface area contributed by atoms with Gasteiger partial charge in [-0.3, -0.25) is 0 Å². The molecule has 9 nitrogen and oxygen atoms in total. The maximum Gasteiger partial charge on any atom is 0.324 e. The Labute approximate surface area is 150 Å². The second-order valence-electron chi connectivity index (χ2n) is 6.40. The highest BCUT2D eigenvalue weighted by Crippen LogP contribution is 2.24. The summed E-state index contributed by atoms with van der Waals surface area (Å²) >= 11 is 0. The molecule has 4 rings (SSSR count). The third-order valence-corrected chi connectivity index (χ3v) is 4.35. The van der Waals surface area contributed by atoms with Gasteiger partial charge in [-0.25, -0.2) is 0 Å². The minimum absolute atomic E-state index is 0.0894. The van der Waals surface area contributed by atoms with E-state index in [-0.39, 0.29) is 11.8 Å². The molecule has 1 aromatic carbocycles. The number of nitrogens with zero attached hydrogens (tertiary/aromatic N) is 6. The Morgan fingerprint density at radius 3 is 2.58 bits per heavy atom. The predicted octanol–water partition coefficient (Wildman–Crippen LogP) is 2.48. The average molecular weight is 352 g/mol. The van der Waals surface area contributed by atoms with Gasteiger partial charge in [-0.15, -0.1) is 0 Å². The molecule has 0 amide bonds. The fourth-order valence-electron chi connectivity index (χ4n) is 2.83. The van der Waals surface area contributed by atoms with E-state index in [1.807, 2.05) is 30.3 Å². The summed E-state index contributed by atoms with van der Waals surface area (Å²) in [6.07, 6.45) is 2.23. The van der Waals surface area contributed by atoms with Crippen LogP contribution in [0.3, 0.4) is 0 Å². The quantitative estimate of drug-likeness (QED) is 0.729. The number of nitrogens with two attached hydrogens (primary N) is 1. The summed E-state index contributed by atoms with van der Waals surface area (Å²) in [5, 5.41) is 7.10. The molecule has 134 valence electrons. The molecule has 26 heavy (non-hydrogen) atoms. The summed E-state index contributed by atoms with van der Waals surface area (Å²) in [6, 6.07) is 10.1. The molecule has 0 unspecified atom stereocenters. The van der Waals surface area contributed by atoms with Crippen LogP contribution in [0, 0.1) is 5.92 Å². The molecule has 1 aliphatic heterocycles. The first-order chi connectivity index (χ1) is 12.7. The van der Waals surface area contributed by atoms with Crippen LogP contribution < -0.4 is 16.0 Å². The van der Waals surface area contributed by atoms with Gasteiger partial charge in [0.05, 0.1) is 0 Å². The van der Waals surface area contributed by atoms with Crippen molar-refractivity contribution in [3.05, 3.63) is 30.3 Å². The van der Waals surface area contributed by atoms with Gasteiger partial charge in [0.15, 0.2) is 0 Å². The van der Waals surface area contributed by atoms with Crippen molar-refractivity contribution in [2.24, 2.45) is 5.92 Å². The second kappa shape index (κ2) is 6.95. The Bertz CT molecular complexity index is 873. The normalized spacial score (nSPS) is 15.2. The van der Waals surface area contributed by atoms with E-state index in [0.29, 0.717) is 17.8 Å². The number of benzene rings is 1. The number of piperidine rings is 1. The van der Waals surface area contributed by atoms with Crippen LogP contribution >= 0.6 is 0 Å². The van der Waals surface area contributed by atoms with E-state index in [2.05, 4.69) is 42.2 Å². The smallest absolute Gasteiger partial charge is 0.324 e. The molecule has 1 fully saturated rings. The number of hydrogen-bond donors (Lipinski definition) is 2. The van der Waals surface area contributed by atoms with Gasteiger partial charge in [-0.2, -0.15) is 19.9 Å². The lowest BCUT2D eigenvalue weighted by atomic mass is 10.00. The van der Waals surface area contributed by atoms with E-state index in [0.717, 1.165) is 37.5 Å². The van der Waals surface area contributed by atoms with Crippen molar-refractivity contribution in [3.8, 4) is 11.6 Å². The number of para-hydroxylation sites is 1. The Kier molecular flexibility index (Phi) is 4.34. The first-order valence-electron chi connectivity index (χ1n) is 8.60. The van der Waals surface area contributed by atoms with Crippen LogP contribution in [0.25, 0.3) is 11.6 Å². The summed E-state index contributed by atoms with van der Waals surface area (Å²) in [4.78, 5) is 19.1. The monoisotopic (exact) mass is 352 g/mol. The highest BCUT2D eigenvalue weighted by molar-refractivity contribution is 5.56. The lowest BCUT2D eigenvalue weighted by Crippen LogP contribution is -2.32. The van der Waals surface area contributed by atoms with Gasteiger partial charge >= 0.3 is 6.01 Å². The molecular formula is C17H20N8O. The molecule has 3 heterocycles. The van der Waals surface area contributed by atoms with Crippen molar-refractivity contribution in [3.63, 3.8) is 0 Å². The van der Waals surface area contributed by atoms with Gasteiger partial charge in [0.25, 0.3) is 0 Å². The number of rotatable bonds is 4. The Hall–Kier alpha value is -3.23. The molecule has 0 radical (unpaired) electrons. The maximum absolute atomic E-state index is 5.82. The highest BCUT2D eigenvalue weighted by Gasteiger charge is 2.22. The number of anilines is 4. The van der Waals surface area contributed by atoms with Gasteiger partial charge in [-0.05, 0) is 30.9 Å². The van der Waals surface area contributed by atoms with E-state index >= 15 is 0 Å². The third-order valence-electron chi connectivity index (χ3n) is 4.35. The topological polar surface area (TPSA) is 119 Å². The molecular weight excluding hydrogens is 332 g/mol. The molecule has 3 aromatic rings. The summed E-state index contributed by atoms with van der Waals surface area (Å²) < 4.78 is 5.39. The number of aromatic nitrogens is 5. The van der Waals surface area contributed by atoms with Gasteiger partial charge in [0.1, 0.15) is 0 Å². The van der Waals surface area contributed by atoms with Crippen LogP contribution in [0.2, 0.25) is 0 Å². The Balaban J connectivity index is 1.56. The highest BCUT2D eigenvalue weighted by atomic mass is 16.5. The van der Waals surface area contributed by atoms with Crippen LogP contribution in [-0.2, 0) is 0 Å². The van der Waals surface area contributed by atoms with Crippen molar-refractivity contribution >= 4 is 23.6 Å². The number of hydrogen-bond acceptors (Lipinski definition) is 9. The maximum atomic E-state index is 5.82. The molecule has 0 saturated carbocycles. The molecule has 3 N–H and O–H groups in total. The van der Waals surface area contributed by atoms with E-state index < -0.39 is 0 Å². The molecule has 0 spiro atoms. The minimum Gasteiger partial charge on any atom is -0.368 e. The largest absolute Gasteiger partial charge is 0.368 e. The van der Waals surface area contributed by atoms with Crippen LogP contribution in [0.1, 0.15) is 19.8 Å². The standard InChI is InChI=1S/C17H20N8O/c1-11-7-9-25(10-8-11)17-22-14(24-26-17)13-20-15(18)23-16(21-13)19-12-5-3-2-4-6-12/h2-6,11H,7-10H2,1H3,(H3,18,19,20,21,23). The van der Waals surface area contributed by atoms with Gasteiger partial charge in [-0.1, -0.05) is 30.3 Å². The molecule has 0 bridgehead atoms. The van der Waals surface area contributed by atoms with Crippen molar-refractivity contribution in [1.29, 1.82) is 0 Å². The molecule has 2 aromatic heterocycles. The van der Waals surface area contributed by atoms with Crippen LogP contribution in [0.4, 0.5) is 23.6 Å². The minimum atomic E-state index is 0.0894. The lowest BCUT2D eigenvalue weighted by Gasteiger charge is -2.28.